The van der Waals surface area contributed by atoms with Gasteiger partial charge < -0.3 is 15.0 Å². The Labute approximate surface area is 190 Å². The number of ether oxygens (including phenoxy) is 1. The third-order valence-electron chi connectivity index (χ3n) is 4.95. The third kappa shape index (κ3) is 4.75. The predicted molar refractivity (Wildman–Crippen MR) is 127 cm³/mol. The van der Waals surface area contributed by atoms with Gasteiger partial charge in [0.15, 0.2) is 0 Å². The van der Waals surface area contributed by atoms with Crippen LogP contribution < -0.4 is 5.32 Å². The van der Waals surface area contributed by atoms with Gasteiger partial charge in [-0.3, -0.25) is 4.79 Å². The highest BCUT2D eigenvalue weighted by Crippen LogP contribution is 2.45. The standard InChI is InChI=1S/C23H27N3O3S2/c1-5-8-18(27)25-21-19(20-24-15-9-6-7-10-16(15)30-20)14-11-12-26(13-17(14)31-21)22(28)29-23(2,3)4/h6-7,9-10H,5,8,11-13H2,1-4H3,(H,25,27). The fourth-order valence-corrected chi connectivity index (χ4v) is 5.99. The Morgan fingerprint density at radius 1 is 1.23 bits per heavy atom. The lowest BCUT2D eigenvalue weighted by Gasteiger charge is -2.30. The van der Waals surface area contributed by atoms with Crippen LogP contribution in [0, 0.1) is 0 Å². The number of hydrogen-bond acceptors (Lipinski definition) is 6. The molecule has 0 atom stereocenters. The SMILES string of the molecule is CCCC(=O)Nc1sc2c(c1-c1nc3ccccc3s1)CCN(C(=O)OC(C)(C)C)C2. The average Bonchev–Trinajstić information content (AvgIpc) is 3.26. The molecule has 0 fully saturated rings. The minimum atomic E-state index is -0.530. The molecule has 4 rings (SSSR count). The third-order valence-corrected chi connectivity index (χ3v) is 7.13. The lowest BCUT2D eigenvalue weighted by atomic mass is 10.0. The first-order chi connectivity index (χ1) is 14.7. The summed E-state index contributed by atoms with van der Waals surface area (Å²) in [5.74, 6) is 0.00690. The molecule has 1 aliphatic rings. The fourth-order valence-electron chi connectivity index (χ4n) is 3.60. The molecule has 164 valence electrons. The van der Waals surface area contributed by atoms with Gasteiger partial charge in [0.2, 0.25) is 5.91 Å². The summed E-state index contributed by atoms with van der Waals surface area (Å²) >= 11 is 3.18. The molecule has 2 amide bonds. The van der Waals surface area contributed by atoms with Crippen molar-refractivity contribution in [2.45, 2.75) is 59.1 Å². The molecular formula is C23H27N3O3S2. The van der Waals surface area contributed by atoms with Crippen LogP contribution in [-0.2, 0) is 22.5 Å². The summed E-state index contributed by atoms with van der Waals surface area (Å²) in [6, 6.07) is 8.07. The Hall–Kier alpha value is -2.45. The number of para-hydroxylation sites is 1. The van der Waals surface area contributed by atoms with Crippen molar-refractivity contribution in [1.29, 1.82) is 0 Å². The summed E-state index contributed by atoms with van der Waals surface area (Å²) in [5.41, 5.74) is 2.61. The number of fused-ring (bicyclic) bond motifs is 2. The summed E-state index contributed by atoms with van der Waals surface area (Å²) in [6.07, 6.45) is 1.68. The molecule has 0 radical (unpaired) electrons. The van der Waals surface area contributed by atoms with Gasteiger partial charge in [-0.15, -0.1) is 22.7 Å². The van der Waals surface area contributed by atoms with Crippen LogP contribution in [-0.4, -0.2) is 34.0 Å². The molecular weight excluding hydrogens is 430 g/mol. The predicted octanol–water partition coefficient (Wildman–Crippen LogP) is 6.06. The van der Waals surface area contributed by atoms with Crippen molar-refractivity contribution < 1.29 is 14.3 Å². The first-order valence-electron chi connectivity index (χ1n) is 10.5. The molecule has 3 heterocycles. The number of carbonyl (C=O) groups is 2. The van der Waals surface area contributed by atoms with Crippen molar-refractivity contribution in [3.8, 4) is 10.6 Å². The second-order valence-electron chi connectivity index (χ2n) is 8.64. The Balaban J connectivity index is 1.71. The number of thiazole rings is 1. The maximum absolute atomic E-state index is 12.6. The minimum Gasteiger partial charge on any atom is -0.444 e. The summed E-state index contributed by atoms with van der Waals surface area (Å²) in [7, 11) is 0. The first kappa shape index (κ1) is 21.8. The van der Waals surface area contributed by atoms with E-state index >= 15 is 0 Å². The van der Waals surface area contributed by atoms with E-state index in [2.05, 4.69) is 11.4 Å². The monoisotopic (exact) mass is 457 g/mol. The Bertz CT molecular complexity index is 1090. The highest BCUT2D eigenvalue weighted by Gasteiger charge is 2.31. The van der Waals surface area contributed by atoms with Gasteiger partial charge in [0.05, 0.1) is 16.8 Å². The summed E-state index contributed by atoms with van der Waals surface area (Å²) < 4.78 is 6.68. The van der Waals surface area contributed by atoms with Crippen LogP contribution in [0.4, 0.5) is 9.80 Å². The van der Waals surface area contributed by atoms with Crippen molar-refractivity contribution in [2.75, 3.05) is 11.9 Å². The van der Waals surface area contributed by atoms with E-state index in [0.29, 0.717) is 25.9 Å². The Kier molecular flexibility index (Phi) is 6.03. The smallest absolute Gasteiger partial charge is 0.410 e. The average molecular weight is 458 g/mol. The van der Waals surface area contributed by atoms with E-state index in [1.54, 1.807) is 27.6 Å². The number of nitrogens with one attached hydrogen (secondary N) is 1. The maximum atomic E-state index is 12.6. The van der Waals surface area contributed by atoms with Crippen molar-refractivity contribution >= 4 is 49.9 Å². The van der Waals surface area contributed by atoms with Crippen LogP contribution >= 0.6 is 22.7 Å². The van der Waals surface area contributed by atoms with Gasteiger partial charge in [-0.1, -0.05) is 19.1 Å². The molecule has 0 saturated heterocycles. The van der Waals surface area contributed by atoms with E-state index in [9.17, 15) is 9.59 Å². The number of thiophene rings is 1. The number of amides is 2. The second-order valence-corrected chi connectivity index (χ2v) is 10.8. The van der Waals surface area contributed by atoms with Crippen LogP contribution in [0.3, 0.4) is 0 Å². The lowest BCUT2D eigenvalue weighted by molar-refractivity contribution is -0.116. The molecule has 1 aromatic carbocycles. The quantitative estimate of drug-likeness (QED) is 0.517. The van der Waals surface area contributed by atoms with Gasteiger partial charge in [0.25, 0.3) is 0 Å². The molecule has 1 aliphatic heterocycles. The minimum absolute atomic E-state index is 0.00690. The van der Waals surface area contributed by atoms with Crippen molar-refractivity contribution in [3.63, 3.8) is 0 Å². The molecule has 8 heteroatoms. The molecule has 0 spiro atoms. The number of carbonyl (C=O) groups excluding carboxylic acids is 2. The van der Waals surface area contributed by atoms with Crippen LogP contribution in [0.15, 0.2) is 24.3 Å². The number of aromatic nitrogens is 1. The normalized spacial score (nSPS) is 13.9. The number of anilines is 1. The van der Waals surface area contributed by atoms with Gasteiger partial charge >= 0.3 is 6.09 Å². The molecule has 2 aromatic heterocycles. The summed E-state index contributed by atoms with van der Waals surface area (Å²) in [6.45, 7) is 8.68. The molecule has 0 unspecified atom stereocenters. The zero-order valence-electron chi connectivity index (χ0n) is 18.3. The largest absolute Gasteiger partial charge is 0.444 e. The summed E-state index contributed by atoms with van der Waals surface area (Å²) in [5, 5.41) is 4.85. The number of rotatable bonds is 4. The van der Waals surface area contributed by atoms with Crippen molar-refractivity contribution in [3.05, 3.63) is 34.7 Å². The molecule has 0 aliphatic carbocycles. The molecule has 3 aromatic rings. The van der Waals surface area contributed by atoms with Crippen LogP contribution in [0.5, 0.6) is 0 Å². The molecule has 0 saturated carbocycles. The molecule has 1 N–H and O–H groups in total. The van der Waals surface area contributed by atoms with E-state index < -0.39 is 5.60 Å². The van der Waals surface area contributed by atoms with Gasteiger partial charge in [-0.05, 0) is 51.3 Å². The number of nitrogens with zero attached hydrogens (tertiary/aromatic N) is 2. The fraction of sp³-hybridized carbons (Fsp3) is 0.435. The maximum Gasteiger partial charge on any atom is 0.410 e. The van der Waals surface area contributed by atoms with E-state index in [1.165, 1.54) is 5.56 Å². The Morgan fingerprint density at radius 2 is 2.00 bits per heavy atom. The van der Waals surface area contributed by atoms with Crippen LogP contribution in [0.1, 0.15) is 51.0 Å². The molecule has 0 bridgehead atoms. The number of hydrogen-bond donors (Lipinski definition) is 1. The Morgan fingerprint density at radius 3 is 2.71 bits per heavy atom. The van der Waals surface area contributed by atoms with Crippen LogP contribution in [0.25, 0.3) is 20.8 Å². The van der Waals surface area contributed by atoms with E-state index in [4.69, 9.17) is 9.72 Å². The van der Waals surface area contributed by atoms with Gasteiger partial charge in [-0.25, -0.2) is 9.78 Å². The first-order valence-corrected chi connectivity index (χ1v) is 12.2. The molecule has 6 nitrogen and oxygen atoms in total. The topological polar surface area (TPSA) is 71.5 Å². The number of benzene rings is 1. The zero-order valence-corrected chi connectivity index (χ0v) is 19.9. The zero-order chi connectivity index (χ0) is 22.2. The van der Waals surface area contributed by atoms with E-state index in [1.807, 2.05) is 45.9 Å². The highest BCUT2D eigenvalue weighted by atomic mass is 32.1. The molecule has 31 heavy (non-hydrogen) atoms. The van der Waals surface area contributed by atoms with Gasteiger partial charge in [0.1, 0.15) is 15.6 Å². The highest BCUT2D eigenvalue weighted by molar-refractivity contribution is 7.22. The van der Waals surface area contributed by atoms with Gasteiger partial charge in [-0.2, -0.15) is 0 Å². The lowest BCUT2D eigenvalue weighted by Crippen LogP contribution is -2.39. The van der Waals surface area contributed by atoms with Crippen molar-refractivity contribution in [1.82, 2.24) is 9.88 Å². The second kappa shape index (κ2) is 8.59. The van der Waals surface area contributed by atoms with Gasteiger partial charge in [0, 0.05) is 23.4 Å². The van der Waals surface area contributed by atoms with E-state index in [0.717, 1.165) is 37.1 Å². The van der Waals surface area contributed by atoms with Crippen molar-refractivity contribution in [2.24, 2.45) is 0 Å². The van der Waals surface area contributed by atoms with E-state index in [-0.39, 0.29) is 12.0 Å². The summed E-state index contributed by atoms with van der Waals surface area (Å²) in [4.78, 5) is 32.7. The van der Waals surface area contributed by atoms with Crippen LogP contribution in [0.2, 0.25) is 0 Å².